The zero-order chi connectivity index (χ0) is 17.0. The molecule has 0 bridgehead atoms. The fraction of sp³-hybridized carbons (Fsp3) is 0.368. The summed E-state index contributed by atoms with van der Waals surface area (Å²) in [6, 6.07) is 5.71. The van der Waals surface area contributed by atoms with Crippen molar-refractivity contribution in [1.29, 1.82) is 0 Å². The third-order valence-electron chi connectivity index (χ3n) is 5.30. The van der Waals surface area contributed by atoms with Gasteiger partial charge in [0.2, 0.25) is 0 Å². The standard InChI is InChI=1S/C19H21NO4/c1-20-5-4-10-8-16(24-3)19(22)18-12-9-15(23-2)14(21)7-11(12)6-13(20)17(10)18/h7-9,13,21-22H,4-6H2,1-3H3/t13-/m1/s1. The summed E-state index contributed by atoms with van der Waals surface area (Å²) < 4.78 is 10.7. The number of hydrogen-bond donors (Lipinski definition) is 2. The van der Waals surface area contributed by atoms with Crippen LogP contribution in [0.1, 0.15) is 22.7 Å². The molecular weight excluding hydrogens is 306 g/mol. The van der Waals surface area contributed by atoms with E-state index in [1.165, 1.54) is 18.2 Å². The van der Waals surface area contributed by atoms with Crippen LogP contribution in [0.4, 0.5) is 0 Å². The Labute approximate surface area is 141 Å². The van der Waals surface area contributed by atoms with E-state index in [0.29, 0.717) is 11.5 Å². The normalized spacial score (nSPS) is 18.7. The van der Waals surface area contributed by atoms with Gasteiger partial charge in [-0.1, -0.05) is 0 Å². The number of aromatic hydroxyl groups is 2. The molecule has 0 radical (unpaired) electrons. The highest BCUT2D eigenvalue weighted by Gasteiger charge is 2.36. The molecule has 0 fully saturated rings. The van der Waals surface area contributed by atoms with Crippen molar-refractivity contribution in [2.24, 2.45) is 0 Å². The lowest BCUT2D eigenvalue weighted by molar-refractivity contribution is 0.226. The number of benzene rings is 2. The van der Waals surface area contributed by atoms with Gasteiger partial charge < -0.3 is 19.7 Å². The number of phenols is 2. The van der Waals surface area contributed by atoms with Gasteiger partial charge in [-0.25, -0.2) is 0 Å². The summed E-state index contributed by atoms with van der Waals surface area (Å²) >= 11 is 0. The van der Waals surface area contributed by atoms with Crippen LogP contribution in [0.15, 0.2) is 18.2 Å². The molecule has 0 saturated carbocycles. The van der Waals surface area contributed by atoms with E-state index in [1.807, 2.05) is 12.1 Å². The molecular formula is C19H21NO4. The van der Waals surface area contributed by atoms with Crippen molar-refractivity contribution in [3.63, 3.8) is 0 Å². The van der Waals surface area contributed by atoms with E-state index < -0.39 is 0 Å². The summed E-state index contributed by atoms with van der Waals surface area (Å²) in [4.78, 5) is 2.31. The minimum atomic E-state index is 0.126. The van der Waals surface area contributed by atoms with Gasteiger partial charge in [0.25, 0.3) is 0 Å². The van der Waals surface area contributed by atoms with Crippen LogP contribution in [0.5, 0.6) is 23.0 Å². The van der Waals surface area contributed by atoms with Gasteiger partial charge in [-0.2, -0.15) is 0 Å². The Kier molecular flexibility index (Phi) is 3.35. The summed E-state index contributed by atoms with van der Waals surface area (Å²) in [7, 11) is 5.20. The van der Waals surface area contributed by atoms with Crippen LogP contribution in [-0.4, -0.2) is 42.9 Å². The fourth-order valence-corrected chi connectivity index (χ4v) is 4.05. The summed E-state index contributed by atoms with van der Waals surface area (Å²) in [5.41, 5.74) is 5.11. The van der Waals surface area contributed by atoms with Crippen molar-refractivity contribution in [2.45, 2.75) is 18.9 Å². The van der Waals surface area contributed by atoms with Crippen LogP contribution in [-0.2, 0) is 12.8 Å². The smallest absolute Gasteiger partial charge is 0.166 e. The second-order valence-corrected chi connectivity index (χ2v) is 6.51. The van der Waals surface area contributed by atoms with Gasteiger partial charge in [0.1, 0.15) is 0 Å². The SMILES string of the molecule is COc1cc2c(cc1O)C[C@@H]1c3c(cc(OC)c(O)c3-2)CCN1C. The first-order valence-corrected chi connectivity index (χ1v) is 8.08. The van der Waals surface area contributed by atoms with Crippen molar-refractivity contribution in [3.8, 4) is 34.1 Å². The molecule has 24 heavy (non-hydrogen) atoms. The molecule has 126 valence electrons. The Morgan fingerprint density at radius 3 is 2.50 bits per heavy atom. The quantitative estimate of drug-likeness (QED) is 0.888. The number of fused-ring (bicyclic) bond motifs is 2. The Hall–Kier alpha value is -2.40. The van der Waals surface area contributed by atoms with Crippen LogP contribution in [0.25, 0.3) is 11.1 Å². The maximum atomic E-state index is 10.8. The second-order valence-electron chi connectivity index (χ2n) is 6.51. The highest BCUT2D eigenvalue weighted by Crippen LogP contribution is 2.53. The van der Waals surface area contributed by atoms with Gasteiger partial charge >= 0.3 is 0 Å². The van der Waals surface area contributed by atoms with Crippen LogP contribution in [0, 0.1) is 0 Å². The molecule has 0 spiro atoms. The molecule has 5 heteroatoms. The minimum Gasteiger partial charge on any atom is -0.504 e. The average molecular weight is 327 g/mol. The van der Waals surface area contributed by atoms with E-state index >= 15 is 0 Å². The van der Waals surface area contributed by atoms with Crippen molar-refractivity contribution >= 4 is 0 Å². The lowest BCUT2D eigenvalue weighted by Gasteiger charge is -2.40. The summed E-state index contributed by atoms with van der Waals surface area (Å²) in [6.45, 7) is 0.961. The fourth-order valence-electron chi connectivity index (χ4n) is 4.05. The molecule has 5 nitrogen and oxygen atoms in total. The Morgan fingerprint density at radius 2 is 1.79 bits per heavy atom. The van der Waals surface area contributed by atoms with Crippen LogP contribution >= 0.6 is 0 Å². The Bertz CT molecular complexity index is 831. The third-order valence-corrected chi connectivity index (χ3v) is 5.30. The molecule has 1 heterocycles. The highest BCUT2D eigenvalue weighted by atomic mass is 16.5. The molecule has 2 aromatic carbocycles. The lowest BCUT2D eigenvalue weighted by Crippen LogP contribution is -2.35. The molecule has 0 amide bonds. The number of methoxy groups -OCH3 is 2. The van der Waals surface area contributed by atoms with Gasteiger partial charge in [0.15, 0.2) is 23.0 Å². The second kappa shape index (κ2) is 5.31. The predicted octanol–water partition coefficient (Wildman–Crippen LogP) is 2.87. The lowest BCUT2D eigenvalue weighted by atomic mass is 9.76. The zero-order valence-electron chi connectivity index (χ0n) is 14.1. The van der Waals surface area contributed by atoms with E-state index in [0.717, 1.165) is 36.1 Å². The Morgan fingerprint density at radius 1 is 1.04 bits per heavy atom. The summed E-state index contributed by atoms with van der Waals surface area (Å²) in [6.07, 6.45) is 1.73. The van der Waals surface area contributed by atoms with Crippen molar-refractivity contribution in [2.75, 3.05) is 27.8 Å². The molecule has 0 saturated heterocycles. The van der Waals surface area contributed by atoms with Crippen LogP contribution in [0.3, 0.4) is 0 Å². The molecule has 1 atom stereocenters. The van der Waals surface area contributed by atoms with Crippen LogP contribution < -0.4 is 9.47 Å². The number of rotatable bonds is 2. The van der Waals surface area contributed by atoms with Crippen LogP contribution in [0.2, 0.25) is 0 Å². The number of phenolic OH excluding ortho intramolecular Hbond substituents is 2. The summed E-state index contributed by atoms with van der Waals surface area (Å²) in [5.74, 6) is 1.19. The topological polar surface area (TPSA) is 62.2 Å². The highest BCUT2D eigenvalue weighted by molar-refractivity contribution is 5.84. The maximum absolute atomic E-state index is 10.8. The van der Waals surface area contributed by atoms with Gasteiger partial charge in [0, 0.05) is 18.2 Å². The minimum absolute atomic E-state index is 0.126. The molecule has 2 N–H and O–H groups in total. The maximum Gasteiger partial charge on any atom is 0.166 e. The number of nitrogens with zero attached hydrogens (tertiary/aromatic N) is 1. The predicted molar refractivity (Wildman–Crippen MR) is 91.1 cm³/mol. The molecule has 0 unspecified atom stereocenters. The zero-order valence-corrected chi connectivity index (χ0v) is 14.1. The molecule has 2 aromatic rings. The van der Waals surface area contributed by atoms with Gasteiger partial charge in [-0.05, 0) is 60.3 Å². The molecule has 0 aromatic heterocycles. The first-order chi connectivity index (χ1) is 11.5. The monoisotopic (exact) mass is 327 g/mol. The number of likely N-dealkylation sites (N-methyl/N-ethyl adjacent to an activating group) is 1. The van der Waals surface area contributed by atoms with E-state index in [1.54, 1.807) is 13.2 Å². The van der Waals surface area contributed by atoms with E-state index in [9.17, 15) is 10.2 Å². The van der Waals surface area contributed by atoms with E-state index in [4.69, 9.17) is 9.47 Å². The van der Waals surface area contributed by atoms with E-state index in [2.05, 4.69) is 11.9 Å². The summed E-state index contributed by atoms with van der Waals surface area (Å²) in [5, 5.41) is 21.0. The largest absolute Gasteiger partial charge is 0.504 e. The third kappa shape index (κ3) is 1.97. The first-order valence-electron chi connectivity index (χ1n) is 8.08. The van der Waals surface area contributed by atoms with Crippen molar-refractivity contribution in [3.05, 3.63) is 34.9 Å². The molecule has 1 aliphatic heterocycles. The van der Waals surface area contributed by atoms with Crippen molar-refractivity contribution in [1.82, 2.24) is 4.90 Å². The van der Waals surface area contributed by atoms with Gasteiger partial charge in [-0.3, -0.25) is 4.90 Å². The molecule has 2 aliphatic rings. The van der Waals surface area contributed by atoms with Gasteiger partial charge in [-0.15, -0.1) is 0 Å². The number of ether oxygens (including phenoxy) is 2. The number of hydrogen-bond acceptors (Lipinski definition) is 5. The molecule has 1 aliphatic carbocycles. The van der Waals surface area contributed by atoms with E-state index in [-0.39, 0.29) is 17.5 Å². The average Bonchev–Trinajstić information content (AvgIpc) is 2.58. The Balaban J connectivity index is 2.06. The first kappa shape index (κ1) is 15.1. The van der Waals surface area contributed by atoms with Gasteiger partial charge in [0.05, 0.1) is 14.2 Å². The molecule has 4 rings (SSSR count). The van der Waals surface area contributed by atoms with Crippen molar-refractivity contribution < 1.29 is 19.7 Å².